The van der Waals surface area contributed by atoms with Crippen LogP contribution in [0.3, 0.4) is 0 Å². The van der Waals surface area contributed by atoms with Crippen LogP contribution in [-0.4, -0.2) is 58.9 Å². The Morgan fingerprint density at radius 2 is 1.83 bits per heavy atom. The zero-order chi connectivity index (χ0) is 21.1. The molecule has 3 aromatic rings. The van der Waals surface area contributed by atoms with E-state index in [0.29, 0.717) is 42.5 Å². The average Bonchev–Trinajstić information content (AvgIpc) is 3.14. The van der Waals surface area contributed by atoms with E-state index in [1.54, 1.807) is 28.7 Å². The number of carbonyl (C=O) groups excluding carboxylic acids is 1. The first-order chi connectivity index (χ1) is 14.6. The van der Waals surface area contributed by atoms with Crippen LogP contribution in [0.4, 0.5) is 10.1 Å². The number of hydrogen-bond donors (Lipinski definition) is 1. The van der Waals surface area contributed by atoms with Crippen molar-refractivity contribution in [2.75, 3.05) is 38.2 Å². The number of rotatable bonds is 5. The van der Waals surface area contributed by atoms with Crippen LogP contribution >= 0.6 is 12.2 Å². The minimum atomic E-state index is -0.244. The van der Waals surface area contributed by atoms with Crippen LogP contribution in [-0.2, 0) is 11.3 Å². The van der Waals surface area contributed by atoms with Gasteiger partial charge >= 0.3 is 0 Å². The Morgan fingerprint density at radius 3 is 2.50 bits per heavy atom. The van der Waals surface area contributed by atoms with E-state index < -0.39 is 0 Å². The minimum absolute atomic E-state index is 0.0459. The van der Waals surface area contributed by atoms with Gasteiger partial charge in [0.1, 0.15) is 18.1 Å². The first kappa shape index (κ1) is 20.1. The number of methoxy groups -OCH3 is 1. The molecule has 1 saturated heterocycles. The Hall–Kier alpha value is -3.20. The third-order valence-corrected chi connectivity index (χ3v) is 5.54. The lowest BCUT2D eigenvalue weighted by Gasteiger charge is -2.36. The number of hydrogen-bond acceptors (Lipinski definition) is 5. The molecule has 1 aliphatic heterocycles. The monoisotopic (exact) mass is 427 g/mol. The van der Waals surface area contributed by atoms with E-state index >= 15 is 0 Å². The third kappa shape index (κ3) is 4.06. The van der Waals surface area contributed by atoms with Gasteiger partial charge in [-0.05, 0) is 48.6 Å². The number of para-hydroxylation sites is 1. The molecule has 1 amide bonds. The Morgan fingerprint density at radius 1 is 1.13 bits per heavy atom. The first-order valence-corrected chi connectivity index (χ1v) is 10.0. The van der Waals surface area contributed by atoms with E-state index in [4.69, 9.17) is 17.0 Å². The van der Waals surface area contributed by atoms with Crippen molar-refractivity contribution < 1.29 is 13.9 Å². The van der Waals surface area contributed by atoms with Gasteiger partial charge in [0.15, 0.2) is 10.6 Å². The smallest absolute Gasteiger partial charge is 0.242 e. The SMILES string of the molecule is COc1ccc(-c2n[nH]c(=S)n2CC(=O)N2CCN(c3ccccc3F)CC2)cc1. The summed E-state index contributed by atoms with van der Waals surface area (Å²) in [6.45, 7) is 2.30. The maximum atomic E-state index is 14.0. The molecular formula is C21H22FN5O2S. The molecule has 0 bridgehead atoms. The number of anilines is 1. The molecule has 156 valence electrons. The quantitative estimate of drug-likeness (QED) is 0.634. The van der Waals surface area contributed by atoms with E-state index in [1.165, 1.54) is 6.07 Å². The zero-order valence-electron chi connectivity index (χ0n) is 16.5. The molecule has 1 fully saturated rings. The molecule has 7 nitrogen and oxygen atoms in total. The van der Waals surface area contributed by atoms with Crippen molar-refractivity contribution in [3.63, 3.8) is 0 Å². The lowest BCUT2D eigenvalue weighted by atomic mass is 10.2. The standard InChI is InChI=1S/C21H22FN5O2S/c1-29-16-8-6-15(7-9-16)20-23-24-21(30)27(20)14-19(28)26-12-10-25(11-13-26)18-5-3-2-4-17(18)22/h2-9H,10-14H2,1H3,(H,24,30). The molecule has 0 atom stereocenters. The number of ether oxygens (including phenoxy) is 1. The molecule has 1 aromatic heterocycles. The number of amides is 1. The highest BCUT2D eigenvalue weighted by atomic mass is 32.1. The van der Waals surface area contributed by atoms with Gasteiger partial charge in [0.25, 0.3) is 0 Å². The summed E-state index contributed by atoms with van der Waals surface area (Å²) in [5, 5.41) is 7.06. The molecular weight excluding hydrogens is 405 g/mol. The molecule has 9 heteroatoms. The number of halogens is 1. The van der Waals surface area contributed by atoms with Crippen molar-refractivity contribution >= 4 is 23.8 Å². The van der Waals surface area contributed by atoms with Crippen molar-refractivity contribution in [1.82, 2.24) is 19.7 Å². The predicted octanol–water partition coefficient (Wildman–Crippen LogP) is 3.10. The molecule has 0 radical (unpaired) electrons. The van der Waals surface area contributed by atoms with Crippen LogP contribution in [0.15, 0.2) is 48.5 Å². The van der Waals surface area contributed by atoms with Crippen molar-refractivity contribution in [2.45, 2.75) is 6.54 Å². The van der Waals surface area contributed by atoms with E-state index in [2.05, 4.69) is 10.2 Å². The van der Waals surface area contributed by atoms with Gasteiger partial charge in [-0.2, -0.15) is 5.10 Å². The highest BCUT2D eigenvalue weighted by Gasteiger charge is 2.24. The second-order valence-electron chi connectivity index (χ2n) is 6.99. The van der Waals surface area contributed by atoms with E-state index in [1.807, 2.05) is 35.2 Å². The zero-order valence-corrected chi connectivity index (χ0v) is 17.4. The molecule has 30 heavy (non-hydrogen) atoms. The molecule has 2 heterocycles. The molecule has 0 unspecified atom stereocenters. The predicted molar refractivity (Wildman–Crippen MR) is 115 cm³/mol. The van der Waals surface area contributed by atoms with E-state index in [-0.39, 0.29) is 18.3 Å². The maximum absolute atomic E-state index is 14.0. The van der Waals surface area contributed by atoms with Crippen LogP contribution < -0.4 is 9.64 Å². The molecule has 0 spiro atoms. The Balaban J connectivity index is 1.44. The van der Waals surface area contributed by atoms with E-state index in [0.717, 1.165) is 11.3 Å². The Bertz CT molecular complexity index is 1090. The molecule has 1 N–H and O–H groups in total. The van der Waals surface area contributed by atoms with Gasteiger partial charge in [-0.1, -0.05) is 12.1 Å². The topological polar surface area (TPSA) is 66.4 Å². The molecule has 1 aliphatic rings. The summed E-state index contributed by atoms with van der Waals surface area (Å²) in [5.41, 5.74) is 1.41. The molecule has 4 rings (SSSR count). The largest absolute Gasteiger partial charge is 0.497 e. The van der Waals surface area contributed by atoms with Gasteiger partial charge in [-0.3, -0.25) is 14.5 Å². The number of nitrogens with zero attached hydrogens (tertiary/aromatic N) is 4. The number of aromatic nitrogens is 3. The summed E-state index contributed by atoms with van der Waals surface area (Å²) >= 11 is 5.34. The molecule has 0 saturated carbocycles. The Kier molecular flexibility index (Phi) is 5.80. The fourth-order valence-electron chi connectivity index (χ4n) is 3.57. The first-order valence-electron chi connectivity index (χ1n) is 9.63. The van der Waals surface area contributed by atoms with Gasteiger partial charge in [-0.25, -0.2) is 4.39 Å². The summed E-state index contributed by atoms with van der Waals surface area (Å²) in [6.07, 6.45) is 0. The van der Waals surface area contributed by atoms with E-state index in [9.17, 15) is 9.18 Å². The summed E-state index contributed by atoms with van der Waals surface area (Å²) in [5.74, 6) is 1.05. The lowest BCUT2D eigenvalue weighted by Crippen LogP contribution is -2.49. The number of aromatic amines is 1. The van der Waals surface area contributed by atoms with Crippen LogP contribution in [0.25, 0.3) is 11.4 Å². The van der Waals surface area contributed by atoms with Crippen molar-refractivity contribution in [1.29, 1.82) is 0 Å². The molecule has 0 aliphatic carbocycles. The summed E-state index contributed by atoms with van der Waals surface area (Å²) in [7, 11) is 1.61. The lowest BCUT2D eigenvalue weighted by molar-refractivity contribution is -0.132. The minimum Gasteiger partial charge on any atom is -0.497 e. The van der Waals surface area contributed by atoms with Gasteiger partial charge in [0, 0.05) is 31.7 Å². The summed E-state index contributed by atoms with van der Waals surface area (Å²) in [4.78, 5) is 16.7. The van der Waals surface area contributed by atoms with Gasteiger partial charge in [0.05, 0.1) is 12.8 Å². The number of nitrogens with one attached hydrogen (secondary N) is 1. The number of benzene rings is 2. The van der Waals surface area contributed by atoms with Crippen molar-refractivity contribution in [3.8, 4) is 17.1 Å². The van der Waals surface area contributed by atoms with Crippen LogP contribution in [0.5, 0.6) is 5.75 Å². The highest BCUT2D eigenvalue weighted by Crippen LogP contribution is 2.22. The van der Waals surface area contributed by atoms with Crippen LogP contribution in [0, 0.1) is 10.6 Å². The van der Waals surface area contributed by atoms with Gasteiger partial charge in [0.2, 0.25) is 5.91 Å². The second-order valence-corrected chi connectivity index (χ2v) is 7.37. The van der Waals surface area contributed by atoms with Crippen molar-refractivity contribution in [3.05, 3.63) is 59.1 Å². The third-order valence-electron chi connectivity index (χ3n) is 5.23. The van der Waals surface area contributed by atoms with Gasteiger partial charge in [-0.15, -0.1) is 0 Å². The summed E-state index contributed by atoms with van der Waals surface area (Å²) in [6, 6.07) is 14.1. The molecule has 2 aromatic carbocycles. The number of carbonyl (C=O) groups is 1. The number of H-pyrrole nitrogens is 1. The fourth-order valence-corrected chi connectivity index (χ4v) is 3.76. The van der Waals surface area contributed by atoms with Crippen LogP contribution in [0.1, 0.15) is 0 Å². The normalized spacial score (nSPS) is 14.1. The summed E-state index contributed by atoms with van der Waals surface area (Å²) < 4.78 is 21.3. The highest BCUT2D eigenvalue weighted by molar-refractivity contribution is 7.71. The number of piperazine rings is 1. The Labute approximate surface area is 178 Å². The van der Waals surface area contributed by atoms with Crippen molar-refractivity contribution in [2.24, 2.45) is 0 Å². The fraction of sp³-hybridized carbons (Fsp3) is 0.286. The average molecular weight is 428 g/mol. The maximum Gasteiger partial charge on any atom is 0.242 e. The van der Waals surface area contributed by atoms with Crippen LogP contribution in [0.2, 0.25) is 0 Å². The van der Waals surface area contributed by atoms with Gasteiger partial charge < -0.3 is 14.5 Å². The second kappa shape index (κ2) is 8.66.